The Morgan fingerprint density at radius 1 is 1.67 bits per heavy atom. The van der Waals surface area contributed by atoms with Gasteiger partial charge in [0.25, 0.3) is 0 Å². The zero-order chi connectivity index (χ0) is 6.53. The maximum absolute atomic E-state index is 5.08. The van der Waals surface area contributed by atoms with Gasteiger partial charge in [0.2, 0.25) is 0 Å². The van der Waals surface area contributed by atoms with Crippen molar-refractivity contribution in [3.8, 4) is 0 Å². The van der Waals surface area contributed by atoms with Gasteiger partial charge >= 0.3 is 0 Å². The summed E-state index contributed by atoms with van der Waals surface area (Å²) >= 11 is 5.05. The van der Waals surface area contributed by atoms with E-state index in [1.807, 2.05) is 12.1 Å². The fourth-order valence-corrected chi connectivity index (χ4v) is 1.55. The van der Waals surface area contributed by atoms with E-state index < -0.39 is 0 Å². The van der Waals surface area contributed by atoms with Gasteiger partial charge in [-0.15, -0.1) is 0 Å². The molecule has 50 valence electrons. The second-order valence-corrected chi connectivity index (χ2v) is 3.36. The molecule has 9 heavy (non-hydrogen) atoms. The van der Waals surface area contributed by atoms with E-state index in [9.17, 15) is 0 Å². The number of rotatable bonds is 3. The summed E-state index contributed by atoms with van der Waals surface area (Å²) in [5, 5.41) is 2.01. The Morgan fingerprint density at radius 2 is 2.56 bits per heavy atom. The maximum Gasteiger partial charge on any atom is 0.160 e. The first-order valence-corrected chi connectivity index (χ1v) is 4.76. The summed E-state index contributed by atoms with van der Waals surface area (Å²) in [5.41, 5.74) is 0. The van der Waals surface area contributed by atoms with Crippen LogP contribution in [0.1, 0.15) is 0 Å². The zero-order valence-corrected chi connectivity index (χ0v) is 7.24. The molecule has 3 heteroatoms. The predicted octanol–water partition coefficient (Wildman–Crippen LogP) is 2.77. The van der Waals surface area contributed by atoms with Crippen LogP contribution < -0.4 is 0 Å². The lowest BCUT2D eigenvalue weighted by molar-refractivity contribution is 0.474. The molecule has 0 saturated carbocycles. The van der Waals surface area contributed by atoms with Gasteiger partial charge in [-0.05, 0) is 12.1 Å². The summed E-state index contributed by atoms with van der Waals surface area (Å²) in [6.45, 7) is 0. The molecule has 0 fully saturated rings. The van der Waals surface area contributed by atoms with Crippen LogP contribution in [0.4, 0.5) is 0 Å². The maximum atomic E-state index is 5.08. The van der Waals surface area contributed by atoms with Crippen molar-refractivity contribution in [3.63, 3.8) is 0 Å². The van der Waals surface area contributed by atoms with Crippen LogP contribution in [-0.4, -0.2) is 11.1 Å². The zero-order valence-electron chi connectivity index (χ0n) is 4.84. The monoisotopic (exact) mass is 206 g/mol. The van der Waals surface area contributed by atoms with Crippen molar-refractivity contribution in [1.29, 1.82) is 0 Å². The van der Waals surface area contributed by atoms with Gasteiger partial charge in [0, 0.05) is 11.1 Å². The molecule has 0 radical (unpaired) electrons. The van der Waals surface area contributed by atoms with Gasteiger partial charge in [-0.3, -0.25) is 0 Å². The normalized spacial score (nSPS) is 9.89. The molecule has 0 atom stereocenters. The van der Waals surface area contributed by atoms with Gasteiger partial charge in [-0.2, -0.15) is 0 Å². The molecule has 1 aromatic rings. The van der Waals surface area contributed by atoms with Crippen molar-refractivity contribution in [1.82, 2.24) is 0 Å². The number of thioether (sulfide) groups is 1. The molecule has 0 saturated heterocycles. The van der Waals surface area contributed by atoms with E-state index in [1.54, 1.807) is 18.0 Å². The Bertz CT molecular complexity index is 150. The summed E-state index contributed by atoms with van der Waals surface area (Å²) in [5.74, 6) is 1.06. The molecule has 1 nitrogen and oxygen atoms in total. The lowest BCUT2D eigenvalue weighted by Gasteiger charge is -1.89. The molecule has 1 rings (SSSR count). The second kappa shape index (κ2) is 4.01. The van der Waals surface area contributed by atoms with Gasteiger partial charge in [0.05, 0.1) is 6.26 Å². The van der Waals surface area contributed by atoms with Crippen LogP contribution >= 0.6 is 27.7 Å². The lowest BCUT2D eigenvalue weighted by atomic mass is 10.7. The smallest absolute Gasteiger partial charge is 0.160 e. The number of furan rings is 1. The van der Waals surface area contributed by atoms with Crippen LogP contribution in [0, 0.1) is 0 Å². The summed E-state index contributed by atoms with van der Waals surface area (Å²) in [4.78, 5) is 0. The predicted molar refractivity (Wildman–Crippen MR) is 43.2 cm³/mol. The van der Waals surface area contributed by atoms with Gasteiger partial charge in [0.15, 0.2) is 5.09 Å². The molecule has 0 spiro atoms. The summed E-state index contributed by atoms with van der Waals surface area (Å²) in [6, 6.07) is 3.86. The Morgan fingerprint density at radius 3 is 3.11 bits per heavy atom. The van der Waals surface area contributed by atoms with E-state index in [4.69, 9.17) is 4.42 Å². The van der Waals surface area contributed by atoms with Crippen LogP contribution in [-0.2, 0) is 0 Å². The van der Waals surface area contributed by atoms with Gasteiger partial charge in [0.1, 0.15) is 0 Å². The molecule has 1 aromatic heterocycles. The van der Waals surface area contributed by atoms with Crippen LogP contribution in [0.5, 0.6) is 0 Å². The van der Waals surface area contributed by atoms with Crippen molar-refractivity contribution in [2.45, 2.75) is 5.09 Å². The van der Waals surface area contributed by atoms with E-state index in [0.717, 1.165) is 16.2 Å². The molecule has 0 bridgehead atoms. The Kier molecular flexibility index (Phi) is 3.22. The highest BCUT2D eigenvalue weighted by molar-refractivity contribution is 9.09. The van der Waals surface area contributed by atoms with E-state index in [2.05, 4.69) is 15.9 Å². The molecular formula is C6H7BrOS. The van der Waals surface area contributed by atoms with Crippen molar-refractivity contribution >= 4 is 27.7 Å². The Hall–Kier alpha value is 0.110. The third kappa shape index (κ3) is 2.45. The highest BCUT2D eigenvalue weighted by Crippen LogP contribution is 2.17. The average molecular weight is 207 g/mol. The standard InChI is InChI=1S/C6H7BrOS/c7-3-5-9-6-2-1-4-8-6/h1-2,4H,3,5H2. The first-order chi connectivity index (χ1) is 4.43. The van der Waals surface area contributed by atoms with Crippen LogP contribution in [0.25, 0.3) is 0 Å². The number of alkyl halides is 1. The fraction of sp³-hybridized carbons (Fsp3) is 0.333. The minimum absolute atomic E-state index is 0.995. The van der Waals surface area contributed by atoms with Gasteiger partial charge in [-0.25, -0.2) is 0 Å². The Balaban J connectivity index is 2.30. The van der Waals surface area contributed by atoms with E-state index in [1.165, 1.54) is 0 Å². The van der Waals surface area contributed by atoms with Crippen molar-refractivity contribution in [2.75, 3.05) is 11.1 Å². The molecule has 0 aliphatic heterocycles. The number of halogens is 1. The molecule has 0 unspecified atom stereocenters. The first kappa shape index (κ1) is 7.22. The van der Waals surface area contributed by atoms with Crippen molar-refractivity contribution in [3.05, 3.63) is 18.4 Å². The lowest BCUT2D eigenvalue weighted by Crippen LogP contribution is -1.74. The summed E-state index contributed by atoms with van der Waals surface area (Å²) in [7, 11) is 0. The van der Waals surface area contributed by atoms with Crippen molar-refractivity contribution in [2.24, 2.45) is 0 Å². The largest absolute Gasteiger partial charge is 0.458 e. The molecule has 0 aliphatic carbocycles. The topological polar surface area (TPSA) is 13.1 Å². The van der Waals surface area contributed by atoms with Gasteiger partial charge < -0.3 is 4.42 Å². The fourth-order valence-electron chi connectivity index (χ4n) is 0.485. The van der Waals surface area contributed by atoms with Crippen LogP contribution in [0.3, 0.4) is 0 Å². The Labute approximate surface area is 66.9 Å². The third-order valence-corrected chi connectivity index (χ3v) is 2.66. The van der Waals surface area contributed by atoms with E-state index in [-0.39, 0.29) is 0 Å². The quantitative estimate of drug-likeness (QED) is 0.558. The minimum Gasteiger partial charge on any atom is -0.458 e. The first-order valence-electron chi connectivity index (χ1n) is 2.66. The third-order valence-electron chi connectivity index (χ3n) is 0.817. The number of hydrogen-bond donors (Lipinski definition) is 0. The molecule has 1 heterocycles. The van der Waals surface area contributed by atoms with Crippen molar-refractivity contribution < 1.29 is 4.42 Å². The molecule has 0 aromatic carbocycles. The average Bonchev–Trinajstić information content (AvgIpc) is 2.34. The second-order valence-electron chi connectivity index (χ2n) is 1.47. The summed E-state index contributed by atoms with van der Waals surface area (Å²) < 4.78 is 5.08. The van der Waals surface area contributed by atoms with E-state index in [0.29, 0.717) is 0 Å². The SMILES string of the molecule is BrCCSc1ccco1. The van der Waals surface area contributed by atoms with E-state index >= 15 is 0 Å². The minimum atomic E-state index is 0.995. The van der Waals surface area contributed by atoms with Gasteiger partial charge in [-0.1, -0.05) is 27.7 Å². The van der Waals surface area contributed by atoms with Crippen LogP contribution in [0.15, 0.2) is 27.9 Å². The molecular weight excluding hydrogens is 200 g/mol. The molecule has 0 aliphatic rings. The molecule has 0 N–H and O–H groups in total. The molecule has 0 amide bonds. The number of hydrogen-bond acceptors (Lipinski definition) is 2. The highest BCUT2D eigenvalue weighted by Gasteiger charge is 1.92. The van der Waals surface area contributed by atoms with Crippen LogP contribution in [0.2, 0.25) is 0 Å². The summed E-state index contributed by atoms with van der Waals surface area (Å²) in [6.07, 6.45) is 1.69. The highest BCUT2D eigenvalue weighted by atomic mass is 79.9.